The van der Waals surface area contributed by atoms with Gasteiger partial charge in [-0.3, -0.25) is 19.4 Å². The van der Waals surface area contributed by atoms with E-state index in [-0.39, 0.29) is 39.4 Å². The van der Waals surface area contributed by atoms with Crippen LogP contribution in [0.5, 0.6) is 11.5 Å². The fraction of sp³-hybridized carbons (Fsp3) is 0.286. The zero-order valence-corrected chi connectivity index (χ0v) is 34.3. The Morgan fingerprint density at radius 3 is 2.11 bits per heavy atom. The first kappa shape index (κ1) is 40.1. The number of thiophene rings is 1. The number of nitrogens with zero attached hydrogens (tertiary/aromatic N) is 3. The average Bonchev–Trinajstić information content (AvgIpc) is 3.86. The number of piperazine rings is 1. The van der Waals surface area contributed by atoms with Gasteiger partial charge in [0, 0.05) is 44.1 Å². The van der Waals surface area contributed by atoms with Crippen LogP contribution >= 0.6 is 11.3 Å². The van der Waals surface area contributed by atoms with Crippen molar-refractivity contribution in [3.8, 4) is 11.5 Å². The number of hydrogen-bond acceptors (Lipinski definition) is 11. The summed E-state index contributed by atoms with van der Waals surface area (Å²) in [5.74, 6) is 0.0402. The van der Waals surface area contributed by atoms with E-state index in [9.17, 15) is 26.4 Å². The normalized spacial score (nSPS) is 16.1. The Balaban J connectivity index is 1.09. The van der Waals surface area contributed by atoms with E-state index in [0.29, 0.717) is 47.0 Å². The molecule has 298 valence electrons. The van der Waals surface area contributed by atoms with E-state index in [0.717, 1.165) is 30.5 Å². The van der Waals surface area contributed by atoms with Gasteiger partial charge in [0.1, 0.15) is 4.21 Å². The number of carbonyl (C=O) groups is 2. The number of benzene rings is 4. The summed E-state index contributed by atoms with van der Waals surface area (Å²) in [6.07, 6.45) is 0.452. The molecule has 57 heavy (non-hydrogen) atoms. The van der Waals surface area contributed by atoms with Crippen molar-refractivity contribution in [1.82, 2.24) is 14.5 Å². The molecule has 1 N–H and O–H groups in total. The summed E-state index contributed by atoms with van der Waals surface area (Å²) in [7, 11) is -4.96. The number of rotatable bonds is 15. The fourth-order valence-electron chi connectivity index (χ4n) is 7.52. The first-order valence-electron chi connectivity index (χ1n) is 18.6. The number of hydrogen-bond donors (Lipinski definition) is 1. The number of imide groups is 1. The third-order valence-corrected chi connectivity index (χ3v) is 15.4. The van der Waals surface area contributed by atoms with E-state index in [1.807, 2.05) is 30.3 Å². The average molecular weight is 829 g/mol. The lowest BCUT2D eigenvalue weighted by atomic mass is 9.99. The summed E-state index contributed by atoms with van der Waals surface area (Å²) in [6, 6.07) is 29.4. The first-order valence-corrected chi connectivity index (χ1v) is 22.4. The Bertz CT molecular complexity index is 2470. The van der Waals surface area contributed by atoms with Gasteiger partial charge in [-0.05, 0) is 73.4 Å². The van der Waals surface area contributed by atoms with Crippen LogP contribution in [0.15, 0.2) is 123 Å². The Morgan fingerprint density at radius 1 is 0.737 bits per heavy atom. The van der Waals surface area contributed by atoms with Gasteiger partial charge in [0.15, 0.2) is 11.5 Å². The van der Waals surface area contributed by atoms with E-state index in [2.05, 4.69) is 33.6 Å². The minimum atomic E-state index is -4.08. The second-order valence-corrected chi connectivity index (χ2v) is 18.7. The first-order chi connectivity index (χ1) is 27.4. The maximum absolute atomic E-state index is 14.5. The SMILES string of the molecule is COc1ccc(C(CCCNS(=O)(=O)c2cc(S(=O)(=O)c3ccccc3)cs2)N2C(=O)c3cccc(N4CCN(C(C)c5ccccc5)CC4)c3C2=O)cc1OC. The molecule has 12 nitrogen and oxygen atoms in total. The van der Waals surface area contributed by atoms with Crippen molar-refractivity contribution in [2.45, 2.75) is 45.8 Å². The van der Waals surface area contributed by atoms with Crippen LogP contribution in [0, 0.1) is 0 Å². The predicted molar refractivity (Wildman–Crippen MR) is 219 cm³/mol. The van der Waals surface area contributed by atoms with E-state index in [4.69, 9.17) is 9.47 Å². The number of methoxy groups -OCH3 is 2. The quantitative estimate of drug-likeness (QED) is 0.0909. The van der Waals surface area contributed by atoms with Gasteiger partial charge in [-0.15, -0.1) is 11.3 Å². The number of ether oxygens (including phenoxy) is 2. The Morgan fingerprint density at radius 2 is 1.42 bits per heavy atom. The van der Waals surface area contributed by atoms with Gasteiger partial charge < -0.3 is 14.4 Å². The van der Waals surface area contributed by atoms with Gasteiger partial charge in [0.05, 0.1) is 46.9 Å². The molecule has 3 heterocycles. The number of carbonyl (C=O) groups excluding carboxylic acids is 2. The largest absolute Gasteiger partial charge is 0.493 e. The molecule has 0 spiro atoms. The van der Waals surface area contributed by atoms with Crippen LogP contribution in [0.2, 0.25) is 0 Å². The van der Waals surface area contributed by atoms with Crippen molar-refractivity contribution in [2.75, 3.05) is 51.8 Å². The van der Waals surface area contributed by atoms with Gasteiger partial charge in [-0.2, -0.15) is 0 Å². The smallest absolute Gasteiger partial charge is 0.264 e. The topological polar surface area (TPSA) is 143 Å². The molecule has 5 aromatic rings. The maximum atomic E-state index is 14.5. The van der Waals surface area contributed by atoms with Crippen molar-refractivity contribution in [1.29, 1.82) is 0 Å². The molecule has 0 bridgehead atoms. The molecule has 4 aromatic carbocycles. The van der Waals surface area contributed by atoms with E-state index in [1.54, 1.807) is 42.5 Å². The summed E-state index contributed by atoms with van der Waals surface area (Å²) in [5.41, 5.74) is 3.25. The molecule has 1 aromatic heterocycles. The minimum Gasteiger partial charge on any atom is -0.493 e. The third-order valence-electron chi connectivity index (χ3n) is 10.6. The van der Waals surface area contributed by atoms with Crippen LogP contribution in [-0.4, -0.2) is 85.4 Å². The molecular formula is C42H44N4O8S3. The van der Waals surface area contributed by atoms with Gasteiger partial charge >= 0.3 is 0 Å². The molecular weight excluding hydrogens is 785 g/mol. The van der Waals surface area contributed by atoms with Crippen LogP contribution in [0.25, 0.3) is 0 Å². The van der Waals surface area contributed by atoms with Crippen LogP contribution in [0.4, 0.5) is 5.69 Å². The number of amides is 2. The van der Waals surface area contributed by atoms with Crippen molar-refractivity contribution >= 4 is 48.7 Å². The number of nitrogens with one attached hydrogen (secondary N) is 1. The molecule has 1 fully saturated rings. The van der Waals surface area contributed by atoms with E-state index < -0.39 is 37.7 Å². The molecule has 0 aliphatic carbocycles. The highest BCUT2D eigenvalue weighted by atomic mass is 32.2. The van der Waals surface area contributed by atoms with E-state index >= 15 is 0 Å². The van der Waals surface area contributed by atoms with Crippen LogP contribution in [0.1, 0.15) is 63.7 Å². The summed E-state index contributed by atoms with van der Waals surface area (Å²) < 4.78 is 66.4. The molecule has 15 heteroatoms. The van der Waals surface area contributed by atoms with Gasteiger partial charge in [-0.25, -0.2) is 21.6 Å². The molecule has 0 radical (unpaired) electrons. The van der Waals surface area contributed by atoms with Crippen molar-refractivity contribution in [3.63, 3.8) is 0 Å². The standard InChI is InChI=1S/C42H44N4O8S3/c1-29(30-12-6-4-7-13-30)44-22-24-45(25-23-44)36-17-10-16-34-40(36)42(48)46(41(34)47)35(31-19-20-37(53-2)38(26-31)54-3)18-11-21-43-57(51,52)39-27-33(28-55-39)56(49,50)32-14-8-5-9-15-32/h4-10,12-17,19-20,26-29,35,43H,11,18,21-25H2,1-3H3. The molecule has 2 amide bonds. The van der Waals surface area contributed by atoms with Gasteiger partial charge in [0.2, 0.25) is 19.9 Å². The van der Waals surface area contributed by atoms with Crippen molar-refractivity contribution in [3.05, 3.63) is 131 Å². The van der Waals surface area contributed by atoms with Gasteiger partial charge in [-0.1, -0.05) is 60.7 Å². The second kappa shape index (κ2) is 16.8. The maximum Gasteiger partial charge on any atom is 0.264 e. The molecule has 7 rings (SSSR count). The van der Waals surface area contributed by atoms with Crippen LogP contribution in [-0.2, 0) is 19.9 Å². The van der Waals surface area contributed by atoms with Crippen LogP contribution in [0.3, 0.4) is 0 Å². The van der Waals surface area contributed by atoms with Crippen LogP contribution < -0.4 is 19.1 Å². The lowest BCUT2D eigenvalue weighted by Crippen LogP contribution is -2.47. The predicted octanol–water partition coefficient (Wildman–Crippen LogP) is 6.58. The molecule has 2 aliphatic rings. The second-order valence-electron chi connectivity index (χ2n) is 13.9. The highest BCUT2D eigenvalue weighted by Gasteiger charge is 2.43. The Kier molecular flexibility index (Phi) is 11.8. The van der Waals surface area contributed by atoms with Crippen molar-refractivity contribution in [2.24, 2.45) is 0 Å². The molecule has 2 atom stereocenters. The zero-order chi connectivity index (χ0) is 40.3. The Labute approximate surface area is 337 Å². The van der Waals surface area contributed by atoms with E-state index in [1.165, 1.54) is 42.2 Å². The highest BCUT2D eigenvalue weighted by molar-refractivity contribution is 7.93. The molecule has 1 saturated heterocycles. The summed E-state index contributed by atoms with van der Waals surface area (Å²) in [6.45, 7) is 5.08. The van der Waals surface area contributed by atoms with Crippen molar-refractivity contribution < 1.29 is 35.9 Å². The molecule has 2 aliphatic heterocycles. The highest BCUT2D eigenvalue weighted by Crippen LogP contribution is 2.41. The lowest BCUT2D eigenvalue weighted by Gasteiger charge is -2.39. The minimum absolute atomic E-state index is 0.0368. The summed E-state index contributed by atoms with van der Waals surface area (Å²) >= 11 is 0.814. The number of anilines is 1. The lowest BCUT2D eigenvalue weighted by molar-refractivity contribution is 0.0572. The third kappa shape index (κ3) is 8.07. The summed E-state index contributed by atoms with van der Waals surface area (Å²) in [4.78, 5) is 34.6. The zero-order valence-electron chi connectivity index (χ0n) is 31.8. The summed E-state index contributed by atoms with van der Waals surface area (Å²) in [5, 5.41) is 1.31. The Hall–Kier alpha value is -5.06. The molecule has 0 saturated carbocycles. The monoisotopic (exact) mass is 828 g/mol. The number of sulfone groups is 1. The molecule has 2 unspecified atom stereocenters. The number of sulfonamides is 1. The number of fused-ring (bicyclic) bond motifs is 1. The van der Waals surface area contributed by atoms with Gasteiger partial charge in [0.25, 0.3) is 11.8 Å². The fourth-order valence-corrected chi connectivity index (χ4v) is 11.5.